The summed E-state index contributed by atoms with van der Waals surface area (Å²) in [6, 6.07) is 3.25. The molecule has 1 atom stereocenters. The first-order valence-electron chi connectivity index (χ1n) is 6.73. The standard InChI is InChI=1S/C15H24ClNO3/c1-10(2)7-15(3,19)9-17-8-11-5-12(16)6-13(20-4)14(11)18/h5-6,10,17-19H,7-9H2,1-4H3. The van der Waals surface area contributed by atoms with E-state index in [9.17, 15) is 10.2 Å². The van der Waals surface area contributed by atoms with Crippen molar-refractivity contribution in [2.45, 2.75) is 39.3 Å². The van der Waals surface area contributed by atoms with E-state index in [0.717, 1.165) is 0 Å². The van der Waals surface area contributed by atoms with Gasteiger partial charge in [-0.2, -0.15) is 0 Å². The van der Waals surface area contributed by atoms with Crippen molar-refractivity contribution in [1.82, 2.24) is 5.32 Å². The summed E-state index contributed by atoms with van der Waals surface area (Å²) < 4.78 is 5.05. The summed E-state index contributed by atoms with van der Waals surface area (Å²) in [5.74, 6) is 0.850. The number of halogens is 1. The van der Waals surface area contributed by atoms with Crippen molar-refractivity contribution in [1.29, 1.82) is 0 Å². The maximum absolute atomic E-state index is 10.2. The van der Waals surface area contributed by atoms with Crippen LogP contribution in [0.15, 0.2) is 12.1 Å². The Morgan fingerprint density at radius 3 is 2.60 bits per heavy atom. The molecule has 5 heteroatoms. The van der Waals surface area contributed by atoms with Crippen LogP contribution in [0.5, 0.6) is 11.5 Å². The molecule has 0 radical (unpaired) electrons. The molecule has 1 unspecified atom stereocenters. The van der Waals surface area contributed by atoms with Crippen LogP contribution in [-0.2, 0) is 6.54 Å². The van der Waals surface area contributed by atoms with Crippen LogP contribution in [0, 0.1) is 5.92 Å². The van der Waals surface area contributed by atoms with E-state index in [2.05, 4.69) is 19.2 Å². The topological polar surface area (TPSA) is 61.7 Å². The molecule has 0 saturated heterocycles. The lowest BCUT2D eigenvalue weighted by Crippen LogP contribution is -2.38. The fourth-order valence-corrected chi connectivity index (χ4v) is 2.57. The van der Waals surface area contributed by atoms with Gasteiger partial charge in [0.15, 0.2) is 11.5 Å². The highest BCUT2D eigenvalue weighted by Crippen LogP contribution is 2.33. The van der Waals surface area contributed by atoms with Gasteiger partial charge in [0.1, 0.15) is 0 Å². The molecule has 1 aromatic carbocycles. The fourth-order valence-electron chi connectivity index (χ4n) is 2.34. The van der Waals surface area contributed by atoms with E-state index in [0.29, 0.717) is 41.8 Å². The van der Waals surface area contributed by atoms with Crippen LogP contribution in [0.25, 0.3) is 0 Å². The van der Waals surface area contributed by atoms with Crippen molar-refractivity contribution >= 4 is 11.6 Å². The zero-order chi connectivity index (χ0) is 15.3. The van der Waals surface area contributed by atoms with E-state index in [1.165, 1.54) is 7.11 Å². The number of hydrogen-bond donors (Lipinski definition) is 3. The summed E-state index contributed by atoms with van der Waals surface area (Å²) in [4.78, 5) is 0. The van der Waals surface area contributed by atoms with Crippen molar-refractivity contribution in [3.8, 4) is 11.5 Å². The lowest BCUT2D eigenvalue weighted by molar-refractivity contribution is 0.0383. The average molecular weight is 302 g/mol. The lowest BCUT2D eigenvalue weighted by Gasteiger charge is -2.25. The van der Waals surface area contributed by atoms with Gasteiger partial charge in [0.05, 0.1) is 12.7 Å². The zero-order valence-electron chi connectivity index (χ0n) is 12.5. The monoisotopic (exact) mass is 301 g/mol. The Morgan fingerprint density at radius 2 is 2.05 bits per heavy atom. The molecular formula is C15H24ClNO3. The van der Waals surface area contributed by atoms with Crippen molar-refractivity contribution < 1.29 is 14.9 Å². The maximum atomic E-state index is 10.2. The summed E-state index contributed by atoms with van der Waals surface area (Å²) >= 11 is 5.97. The van der Waals surface area contributed by atoms with Gasteiger partial charge in [0, 0.05) is 29.7 Å². The fraction of sp³-hybridized carbons (Fsp3) is 0.600. The molecule has 20 heavy (non-hydrogen) atoms. The van der Waals surface area contributed by atoms with Crippen LogP contribution < -0.4 is 10.1 Å². The van der Waals surface area contributed by atoms with Gasteiger partial charge >= 0.3 is 0 Å². The Bertz CT molecular complexity index is 447. The number of ether oxygens (including phenoxy) is 1. The molecule has 1 rings (SSSR count). The largest absolute Gasteiger partial charge is 0.504 e. The number of hydrogen-bond acceptors (Lipinski definition) is 4. The Hall–Kier alpha value is -0.970. The molecule has 0 spiro atoms. The Morgan fingerprint density at radius 1 is 1.40 bits per heavy atom. The number of benzene rings is 1. The van der Waals surface area contributed by atoms with Crippen molar-refractivity contribution in [3.63, 3.8) is 0 Å². The first-order valence-corrected chi connectivity index (χ1v) is 7.11. The molecule has 0 aliphatic rings. The van der Waals surface area contributed by atoms with Crippen LogP contribution in [-0.4, -0.2) is 29.5 Å². The molecular weight excluding hydrogens is 278 g/mol. The quantitative estimate of drug-likeness (QED) is 0.724. The normalized spacial score (nSPS) is 14.3. The number of phenols is 1. The van der Waals surface area contributed by atoms with Gasteiger partial charge in [-0.05, 0) is 25.3 Å². The second-order valence-corrected chi connectivity index (χ2v) is 6.25. The highest BCUT2D eigenvalue weighted by atomic mass is 35.5. The molecule has 0 aliphatic carbocycles. The van der Waals surface area contributed by atoms with Gasteiger partial charge in [0.25, 0.3) is 0 Å². The number of aromatic hydroxyl groups is 1. The van der Waals surface area contributed by atoms with Crippen LogP contribution in [0.4, 0.5) is 0 Å². The van der Waals surface area contributed by atoms with Gasteiger partial charge in [-0.15, -0.1) is 0 Å². The second kappa shape index (κ2) is 7.16. The molecule has 0 aliphatic heterocycles. The number of methoxy groups -OCH3 is 1. The predicted molar refractivity (Wildman–Crippen MR) is 81.5 cm³/mol. The van der Waals surface area contributed by atoms with Crippen LogP contribution in [0.2, 0.25) is 5.02 Å². The molecule has 0 fully saturated rings. The molecule has 114 valence electrons. The van der Waals surface area contributed by atoms with Gasteiger partial charge in [0.2, 0.25) is 0 Å². The first-order chi connectivity index (χ1) is 9.25. The molecule has 0 aromatic heterocycles. The molecule has 4 nitrogen and oxygen atoms in total. The second-order valence-electron chi connectivity index (χ2n) is 5.81. The number of rotatable bonds is 7. The van der Waals surface area contributed by atoms with E-state index in [1.807, 2.05) is 0 Å². The molecule has 0 saturated carbocycles. The summed E-state index contributed by atoms with van der Waals surface area (Å²) in [5.41, 5.74) is -0.124. The SMILES string of the molecule is COc1cc(Cl)cc(CNCC(C)(O)CC(C)C)c1O. The third-order valence-corrected chi connectivity index (χ3v) is 3.23. The minimum absolute atomic E-state index is 0.0768. The van der Waals surface area contributed by atoms with E-state index in [-0.39, 0.29) is 5.75 Å². The van der Waals surface area contributed by atoms with Gasteiger partial charge in [-0.25, -0.2) is 0 Å². The molecule has 3 N–H and O–H groups in total. The van der Waals surface area contributed by atoms with Gasteiger partial charge in [-0.3, -0.25) is 0 Å². The van der Waals surface area contributed by atoms with E-state index in [1.54, 1.807) is 19.1 Å². The Labute approximate surface area is 125 Å². The highest BCUT2D eigenvalue weighted by Gasteiger charge is 2.21. The minimum Gasteiger partial charge on any atom is -0.504 e. The molecule has 0 bridgehead atoms. The van der Waals surface area contributed by atoms with E-state index >= 15 is 0 Å². The third-order valence-electron chi connectivity index (χ3n) is 3.01. The number of nitrogens with one attached hydrogen (secondary N) is 1. The average Bonchev–Trinajstić information content (AvgIpc) is 2.31. The van der Waals surface area contributed by atoms with E-state index < -0.39 is 5.60 Å². The van der Waals surface area contributed by atoms with E-state index in [4.69, 9.17) is 16.3 Å². The molecule has 1 aromatic rings. The lowest BCUT2D eigenvalue weighted by atomic mass is 9.94. The first kappa shape index (κ1) is 17.1. The Balaban J connectivity index is 2.64. The van der Waals surface area contributed by atoms with Crippen LogP contribution in [0.3, 0.4) is 0 Å². The smallest absolute Gasteiger partial charge is 0.162 e. The van der Waals surface area contributed by atoms with Gasteiger partial charge < -0.3 is 20.3 Å². The highest BCUT2D eigenvalue weighted by molar-refractivity contribution is 6.30. The Kier molecular flexibility index (Phi) is 6.11. The number of phenolic OH excluding ortho intramolecular Hbond substituents is 1. The molecule has 0 amide bonds. The summed E-state index contributed by atoms with van der Waals surface area (Å²) in [6.45, 7) is 6.80. The zero-order valence-corrected chi connectivity index (χ0v) is 13.3. The summed E-state index contributed by atoms with van der Waals surface area (Å²) in [6.07, 6.45) is 0.713. The molecule has 0 heterocycles. The maximum Gasteiger partial charge on any atom is 0.162 e. The third kappa shape index (κ3) is 5.19. The van der Waals surface area contributed by atoms with Crippen LogP contribution >= 0.6 is 11.6 Å². The van der Waals surface area contributed by atoms with Crippen molar-refractivity contribution in [2.24, 2.45) is 5.92 Å². The number of aliphatic hydroxyl groups is 1. The summed E-state index contributed by atoms with van der Waals surface area (Å²) in [5, 5.41) is 23.9. The van der Waals surface area contributed by atoms with Gasteiger partial charge in [-0.1, -0.05) is 25.4 Å². The predicted octanol–water partition coefficient (Wildman–Crippen LogP) is 2.94. The van der Waals surface area contributed by atoms with Crippen molar-refractivity contribution in [3.05, 3.63) is 22.7 Å². The summed E-state index contributed by atoms with van der Waals surface area (Å²) in [7, 11) is 1.48. The van der Waals surface area contributed by atoms with Crippen molar-refractivity contribution in [2.75, 3.05) is 13.7 Å². The van der Waals surface area contributed by atoms with Crippen LogP contribution in [0.1, 0.15) is 32.8 Å². The minimum atomic E-state index is -0.771.